The number of nitrogens with zero attached hydrogens (tertiary/aromatic N) is 3. The topological polar surface area (TPSA) is 66.0 Å². The van der Waals surface area contributed by atoms with Gasteiger partial charge in [-0.25, -0.2) is 4.68 Å². The van der Waals surface area contributed by atoms with Gasteiger partial charge in [-0.3, -0.25) is 4.98 Å². The number of hydrogen-bond acceptors (Lipinski definition) is 4. The second kappa shape index (κ2) is 5.28. The number of benzene rings is 1. The van der Waals surface area contributed by atoms with Gasteiger partial charge in [-0.05, 0) is 25.1 Å². The third-order valence-corrected chi connectivity index (χ3v) is 3.43. The monoisotopic (exact) mass is 280 g/mol. The third-order valence-electron chi connectivity index (χ3n) is 3.43. The summed E-state index contributed by atoms with van der Waals surface area (Å²) in [6.45, 7) is 1.96. The van der Waals surface area contributed by atoms with E-state index in [1.165, 1.54) is 0 Å². The first-order valence-corrected chi connectivity index (χ1v) is 6.61. The van der Waals surface area contributed by atoms with Crippen LogP contribution in [-0.2, 0) is 0 Å². The Morgan fingerprint density at radius 1 is 1.14 bits per heavy atom. The number of aromatic nitrogens is 3. The van der Waals surface area contributed by atoms with Gasteiger partial charge in [0.1, 0.15) is 17.3 Å². The predicted octanol–water partition coefficient (Wildman–Crippen LogP) is 2.83. The highest BCUT2D eigenvalue weighted by Crippen LogP contribution is 2.33. The molecule has 0 amide bonds. The van der Waals surface area contributed by atoms with Crippen LogP contribution >= 0.6 is 0 Å². The first-order valence-electron chi connectivity index (χ1n) is 6.61. The molecule has 0 saturated carbocycles. The Hall–Kier alpha value is -2.82. The summed E-state index contributed by atoms with van der Waals surface area (Å²) < 4.78 is 7.10. The number of methoxy groups -OCH3 is 1. The van der Waals surface area contributed by atoms with Crippen LogP contribution in [0.1, 0.15) is 5.56 Å². The minimum absolute atomic E-state index is 0.620. The molecule has 0 bridgehead atoms. The molecule has 2 heterocycles. The zero-order valence-corrected chi connectivity index (χ0v) is 11.9. The number of rotatable bonds is 3. The molecule has 5 heteroatoms. The number of anilines is 1. The maximum Gasteiger partial charge on any atom is 0.146 e. The average molecular weight is 280 g/mol. The van der Waals surface area contributed by atoms with Crippen LogP contribution in [-0.4, -0.2) is 21.9 Å². The lowest BCUT2D eigenvalue weighted by Crippen LogP contribution is -2.01. The molecule has 2 aromatic heterocycles. The van der Waals surface area contributed by atoms with Crippen LogP contribution in [0, 0.1) is 6.92 Å². The average Bonchev–Trinajstić information content (AvgIpc) is 2.84. The molecule has 106 valence electrons. The van der Waals surface area contributed by atoms with Gasteiger partial charge in [-0.2, -0.15) is 5.10 Å². The first kappa shape index (κ1) is 13.2. The molecule has 0 aliphatic heterocycles. The molecule has 21 heavy (non-hydrogen) atoms. The maximum absolute atomic E-state index is 6.21. The molecular weight excluding hydrogens is 264 g/mol. The summed E-state index contributed by atoms with van der Waals surface area (Å²) in [5.74, 6) is 1.30. The number of nitrogens with two attached hydrogens (primary N) is 1. The molecule has 0 aliphatic rings. The molecule has 2 N–H and O–H groups in total. The van der Waals surface area contributed by atoms with Gasteiger partial charge in [-0.15, -0.1) is 0 Å². The molecule has 3 aromatic rings. The summed E-state index contributed by atoms with van der Waals surface area (Å²) in [4.78, 5) is 4.07. The van der Waals surface area contributed by atoms with Crippen molar-refractivity contribution in [3.63, 3.8) is 0 Å². The number of hydrogen-bond donors (Lipinski definition) is 1. The molecule has 0 unspecified atom stereocenters. The van der Waals surface area contributed by atoms with Gasteiger partial charge in [0.05, 0.1) is 19.0 Å². The van der Waals surface area contributed by atoms with Crippen molar-refractivity contribution in [2.45, 2.75) is 6.92 Å². The normalized spacial score (nSPS) is 10.6. The highest BCUT2D eigenvalue weighted by Gasteiger charge is 2.17. The van der Waals surface area contributed by atoms with E-state index in [1.54, 1.807) is 24.2 Å². The smallest absolute Gasteiger partial charge is 0.146 e. The molecule has 0 radical (unpaired) electrons. The second-order valence-corrected chi connectivity index (χ2v) is 4.68. The lowest BCUT2D eigenvalue weighted by molar-refractivity contribution is 0.414. The molecule has 0 spiro atoms. The van der Waals surface area contributed by atoms with Gasteiger partial charge in [0, 0.05) is 17.3 Å². The first-order chi connectivity index (χ1) is 10.2. The predicted molar refractivity (Wildman–Crippen MR) is 82.5 cm³/mol. The van der Waals surface area contributed by atoms with Crippen LogP contribution < -0.4 is 10.5 Å². The maximum atomic E-state index is 6.21. The van der Waals surface area contributed by atoms with Crippen molar-refractivity contribution in [1.29, 1.82) is 0 Å². The van der Waals surface area contributed by atoms with Crippen LogP contribution in [0.3, 0.4) is 0 Å². The summed E-state index contributed by atoms with van der Waals surface area (Å²) in [7, 11) is 1.62. The van der Waals surface area contributed by atoms with Crippen molar-refractivity contribution in [2.24, 2.45) is 0 Å². The largest absolute Gasteiger partial charge is 0.494 e. The Balaban J connectivity index is 2.18. The number of nitrogen functional groups attached to an aromatic ring is 1. The Morgan fingerprint density at radius 2 is 1.90 bits per heavy atom. The summed E-state index contributed by atoms with van der Waals surface area (Å²) in [5.41, 5.74) is 9.74. The van der Waals surface area contributed by atoms with Crippen molar-refractivity contribution >= 4 is 5.82 Å². The van der Waals surface area contributed by atoms with E-state index in [-0.39, 0.29) is 0 Å². The highest BCUT2D eigenvalue weighted by atomic mass is 16.5. The van der Waals surface area contributed by atoms with Crippen LogP contribution in [0.2, 0.25) is 0 Å². The van der Waals surface area contributed by atoms with E-state index in [1.807, 2.05) is 43.3 Å². The van der Waals surface area contributed by atoms with Crippen molar-refractivity contribution in [3.8, 4) is 22.7 Å². The molecule has 0 fully saturated rings. The quantitative estimate of drug-likeness (QED) is 0.801. The van der Waals surface area contributed by atoms with Crippen molar-refractivity contribution < 1.29 is 4.74 Å². The van der Waals surface area contributed by atoms with E-state index in [0.717, 1.165) is 22.5 Å². The summed E-state index contributed by atoms with van der Waals surface area (Å²) in [6, 6.07) is 11.7. The zero-order valence-electron chi connectivity index (χ0n) is 11.9. The Labute approximate surface area is 123 Å². The summed E-state index contributed by atoms with van der Waals surface area (Å²) in [5, 5.41) is 4.64. The fourth-order valence-corrected chi connectivity index (χ4v) is 2.27. The van der Waals surface area contributed by atoms with Gasteiger partial charge < -0.3 is 10.5 Å². The van der Waals surface area contributed by atoms with Crippen LogP contribution in [0.15, 0.2) is 48.8 Å². The lowest BCUT2D eigenvalue weighted by atomic mass is 10.1. The summed E-state index contributed by atoms with van der Waals surface area (Å²) in [6.07, 6.45) is 3.39. The lowest BCUT2D eigenvalue weighted by Gasteiger charge is -2.05. The second-order valence-electron chi connectivity index (χ2n) is 4.68. The number of pyridine rings is 1. The molecule has 3 rings (SSSR count). The van der Waals surface area contributed by atoms with Crippen LogP contribution in [0.5, 0.6) is 5.75 Å². The molecule has 0 saturated heterocycles. The third kappa shape index (κ3) is 2.23. The van der Waals surface area contributed by atoms with Crippen LogP contribution in [0.4, 0.5) is 5.82 Å². The van der Waals surface area contributed by atoms with E-state index >= 15 is 0 Å². The Bertz CT molecular complexity index is 765. The zero-order chi connectivity index (χ0) is 14.8. The minimum Gasteiger partial charge on any atom is -0.494 e. The standard InChI is InChI=1S/C16H16N4O/c1-11-15(13-8-9-18-10-14(13)21-2)19-20(16(11)17)12-6-4-3-5-7-12/h3-10H,17H2,1-2H3. The van der Waals surface area contributed by atoms with E-state index in [4.69, 9.17) is 10.5 Å². The van der Waals surface area contributed by atoms with Crippen LogP contribution in [0.25, 0.3) is 16.9 Å². The van der Waals surface area contributed by atoms with E-state index < -0.39 is 0 Å². The highest BCUT2D eigenvalue weighted by molar-refractivity contribution is 5.73. The molecule has 1 aromatic carbocycles. The Kier molecular flexibility index (Phi) is 3.31. The fraction of sp³-hybridized carbons (Fsp3) is 0.125. The Morgan fingerprint density at radius 3 is 2.62 bits per heavy atom. The van der Waals surface area contributed by atoms with E-state index in [9.17, 15) is 0 Å². The van der Waals surface area contributed by atoms with Crippen molar-refractivity contribution in [2.75, 3.05) is 12.8 Å². The fourth-order valence-electron chi connectivity index (χ4n) is 2.27. The van der Waals surface area contributed by atoms with Gasteiger partial charge in [0.2, 0.25) is 0 Å². The minimum atomic E-state index is 0.620. The number of ether oxygens (including phenoxy) is 1. The van der Waals surface area contributed by atoms with E-state index in [2.05, 4.69) is 10.1 Å². The van der Waals surface area contributed by atoms with Crippen molar-refractivity contribution in [1.82, 2.24) is 14.8 Å². The van der Waals surface area contributed by atoms with Crippen molar-refractivity contribution in [3.05, 3.63) is 54.4 Å². The number of para-hydroxylation sites is 1. The molecule has 0 atom stereocenters. The SMILES string of the molecule is COc1cnccc1-c1nn(-c2ccccc2)c(N)c1C. The molecular formula is C16H16N4O. The van der Waals surface area contributed by atoms with Gasteiger partial charge >= 0.3 is 0 Å². The van der Waals surface area contributed by atoms with Gasteiger partial charge in [0.15, 0.2) is 0 Å². The summed E-state index contributed by atoms with van der Waals surface area (Å²) >= 11 is 0. The molecule has 5 nitrogen and oxygen atoms in total. The molecule has 0 aliphatic carbocycles. The van der Waals surface area contributed by atoms with Gasteiger partial charge in [-0.1, -0.05) is 18.2 Å². The van der Waals surface area contributed by atoms with Gasteiger partial charge in [0.25, 0.3) is 0 Å². The van der Waals surface area contributed by atoms with E-state index in [0.29, 0.717) is 11.6 Å².